The summed E-state index contributed by atoms with van der Waals surface area (Å²) >= 11 is 0. The van der Waals surface area contributed by atoms with Gasteiger partial charge in [-0.1, -0.05) is 6.07 Å². The molecule has 6 rings (SSSR count). The molecular formula is C25H24N4O5. The van der Waals surface area contributed by atoms with E-state index in [4.69, 9.17) is 13.9 Å². The van der Waals surface area contributed by atoms with Gasteiger partial charge in [0.05, 0.1) is 35.8 Å². The van der Waals surface area contributed by atoms with Crippen molar-refractivity contribution in [2.75, 3.05) is 19.7 Å². The number of carbonyl (C=O) groups excluding carboxylic acids is 1. The molecule has 1 atom stereocenters. The van der Waals surface area contributed by atoms with E-state index in [-0.39, 0.29) is 17.8 Å². The van der Waals surface area contributed by atoms with Crippen LogP contribution in [0.2, 0.25) is 0 Å². The highest BCUT2D eigenvalue weighted by Crippen LogP contribution is 2.32. The van der Waals surface area contributed by atoms with Crippen molar-refractivity contribution in [2.24, 2.45) is 7.05 Å². The Morgan fingerprint density at radius 2 is 2.06 bits per heavy atom. The molecule has 1 fully saturated rings. The van der Waals surface area contributed by atoms with Crippen LogP contribution in [-0.4, -0.2) is 44.7 Å². The van der Waals surface area contributed by atoms with Crippen molar-refractivity contribution in [3.8, 4) is 5.69 Å². The maximum absolute atomic E-state index is 11.9. The van der Waals surface area contributed by atoms with Crippen molar-refractivity contribution < 1.29 is 18.7 Å². The van der Waals surface area contributed by atoms with E-state index in [1.165, 1.54) is 4.57 Å². The van der Waals surface area contributed by atoms with Crippen LogP contribution in [0.1, 0.15) is 38.8 Å². The number of nitrogens with zero attached hydrogens (tertiary/aromatic N) is 4. The topological polar surface area (TPSA) is 91.7 Å². The number of oxazole rings is 1. The van der Waals surface area contributed by atoms with E-state index in [1.807, 2.05) is 42.0 Å². The number of hydrogen-bond donors (Lipinski definition) is 0. The van der Waals surface area contributed by atoms with E-state index in [1.54, 1.807) is 19.4 Å². The van der Waals surface area contributed by atoms with Gasteiger partial charge >= 0.3 is 11.7 Å². The van der Waals surface area contributed by atoms with Gasteiger partial charge in [-0.2, -0.15) is 0 Å². The molecule has 4 aromatic rings. The first kappa shape index (κ1) is 20.9. The second-order valence-corrected chi connectivity index (χ2v) is 8.83. The number of rotatable bonds is 4. The lowest BCUT2D eigenvalue weighted by atomic mass is 9.94. The number of aryl methyl sites for hydroxylation is 1. The predicted molar refractivity (Wildman–Crippen MR) is 123 cm³/mol. The molecule has 0 spiro atoms. The summed E-state index contributed by atoms with van der Waals surface area (Å²) in [7, 11) is 1.69. The van der Waals surface area contributed by atoms with Crippen LogP contribution in [0.4, 0.5) is 0 Å². The van der Waals surface area contributed by atoms with Gasteiger partial charge in [0.1, 0.15) is 6.61 Å². The van der Waals surface area contributed by atoms with Gasteiger partial charge in [0.25, 0.3) is 0 Å². The van der Waals surface area contributed by atoms with Gasteiger partial charge in [0.2, 0.25) is 0 Å². The largest absolute Gasteiger partial charge is 0.457 e. The molecule has 174 valence electrons. The summed E-state index contributed by atoms with van der Waals surface area (Å²) in [6, 6.07) is 9.47. The van der Waals surface area contributed by atoms with E-state index < -0.39 is 0 Å². The summed E-state index contributed by atoms with van der Waals surface area (Å²) in [6.45, 7) is 5.25. The normalized spacial score (nSPS) is 18.4. The molecule has 0 aliphatic carbocycles. The monoisotopic (exact) mass is 460 g/mol. The van der Waals surface area contributed by atoms with Gasteiger partial charge < -0.3 is 18.5 Å². The zero-order valence-electron chi connectivity index (χ0n) is 19.0. The number of hydrogen-bond acceptors (Lipinski definition) is 7. The molecule has 34 heavy (non-hydrogen) atoms. The second-order valence-electron chi connectivity index (χ2n) is 8.83. The fraction of sp³-hybridized carbons (Fsp3) is 0.320. The van der Waals surface area contributed by atoms with E-state index in [0.29, 0.717) is 30.9 Å². The number of carbonyl (C=O) groups is 1. The average molecular weight is 460 g/mol. The summed E-state index contributed by atoms with van der Waals surface area (Å²) in [5.74, 6) is -0.626. The zero-order valence-corrected chi connectivity index (χ0v) is 19.0. The summed E-state index contributed by atoms with van der Waals surface area (Å²) in [6.07, 6.45) is 3.73. The summed E-state index contributed by atoms with van der Waals surface area (Å²) < 4.78 is 20.0. The number of fused-ring (bicyclic) bond motifs is 2. The highest BCUT2D eigenvalue weighted by molar-refractivity contribution is 5.94. The fourth-order valence-corrected chi connectivity index (χ4v) is 4.84. The molecule has 0 bridgehead atoms. The molecule has 9 nitrogen and oxygen atoms in total. The first-order valence-corrected chi connectivity index (χ1v) is 11.2. The lowest BCUT2D eigenvalue weighted by Crippen LogP contribution is -2.38. The fourth-order valence-electron chi connectivity index (χ4n) is 4.84. The minimum atomic E-state index is -0.377. The SMILES string of the molecule is Cc1c(C2CN(Cc3cn(-c4ccc5oc(=O)n(C)c5c4)cn3)CCO2)ccc2c1COC2=O. The number of esters is 1. The number of imidazole rings is 1. The number of ether oxygens (including phenoxy) is 2. The third-order valence-electron chi connectivity index (χ3n) is 6.80. The lowest BCUT2D eigenvalue weighted by molar-refractivity contribution is -0.0335. The average Bonchev–Trinajstić information content (AvgIpc) is 3.53. The Morgan fingerprint density at radius 1 is 1.18 bits per heavy atom. The van der Waals surface area contributed by atoms with Crippen molar-refractivity contribution in [1.29, 1.82) is 0 Å². The first-order chi connectivity index (χ1) is 16.5. The lowest BCUT2D eigenvalue weighted by Gasteiger charge is -2.33. The quantitative estimate of drug-likeness (QED) is 0.433. The predicted octanol–water partition coefficient (Wildman–Crippen LogP) is 2.87. The van der Waals surface area contributed by atoms with E-state index in [2.05, 4.69) is 9.88 Å². The Hall–Kier alpha value is -3.69. The van der Waals surface area contributed by atoms with Crippen molar-refractivity contribution in [3.63, 3.8) is 0 Å². The molecule has 0 N–H and O–H groups in total. The molecule has 0 radical (unpaired) electrons. The van der Waals surface area contributed by atoms with Crippen molar-refractivity contribution in [3.05, 3.63) is 81.4 Å². The molecule has 0 amide bonds. The Morgan fingerprint density at radius 3 is 2.94 bits per heavy atom. The van der Waals surface area contributed by atoms with Crippen LogP contribution >= 0.6 is 0 Å². The van der Waals surface area contributed by atoms with Crippen LogP contribution in [-0.2, 0) is 29.7 Å². The maximum Gasteiger partial charge on any atom is 0.419 e. The van der Waals surface area contributed by atoms with Crippen LogP contribution in [0.5, 0.6) is 0 Å². The standard InChI is InChI=1S/C25H24N4O5/c1-15-18(4-5-19-20(15)13-33-24(19)30)23-12-28(7-8-32-23)10-16-11-29(14-26-16)17-3-6-22-21(9-17)27(2)25(31)34-22/h3-6,9,11,14,23H,7-8,10,12-13H2,1-2H3. The molecule has 1 unspecified atom stereocenters. The van der Waals surface area contributed by atoms with E-state index in [0.717, 1.165) is 46.7 Å². The third kappa shape index (κ3) is 3.44. The Kier molecular flexibility index (Phi) is 4.89. The summed E-state index contributed by atoms with van der Waals surface area (Å²) in [5, 5.41) is 0. The highest BCUT2D eigenvalue weighted by atomic mass is 16.5. The van der Waals surface area contributed by atoms with Crippen molar-refractivity contribution in [2.45, 2.75) is 26.2 Å². The molecule has 2 aliphatic rings. The Labute approximate surface area is 195 Å². The summed E-state index contributed by atoms with van der Waals surface area (Å²) in [4.78, 5) is 30.6. The molecule has 4 heterocycles. The smallest absolute Gasteiger partial charge is 0.419 e. The number of cyclic esters (lactones) is 1. The van der Waals surface area contributed by atoms with Crippen LogP contribution in [0.25, 0.3) is 16.8 Å². The molecule has 2 aromatic heterocycles. The molecule has 0 saturated carbocycles. The van der Waals surface area contributed by atoms with Crippen LogP contribution in [0.3, 0.4) is 0 Å². The second kappa shape index (κ2) is 7.96. The molecule has 1 saturated heterocycles. The van der Waals surface area contributed by atoms with Gasteiger partial charge in [0.15, 0.2) is 5.58 Å². The minimum Gasteiger partial charge on any atom is -0.457 e. The number of benzene rings is 2. The molecule has 9 heteroatoms. The molecular weight excluding hydrogens is 436 g/mol. The van der Waals surface area contributed by atoms with Crippen LogP contribution in [0, 0.1) is 6.92 Å². The van der Waals surface area contributed by atoms with Crippen LogP contribution in [0.15, 0.2) is 52.1 Å². The molecule has 2 aromatic carbocycles. The van der Waals surface area contributed by atoms with E-state index in [9.17, 15) is 9.59 Å². The number of aromatic nitrogens is 3. The Balaban J connectivity index is 1.19. The third-order valence-corrected chi connectivity index (χ3v) is 6.80. The zero-order chi connectivity index (χ0) is 23.4. The van der Waals surface area contributed by atoms with Gasteiger partial charge in [-0.3, -0.25) is 9.47 Å². The molecule has 2 aliphatic heterocycles. The van der Waals surface area contributed by atoms with Gasteiger partial charge in [-0.05, 0) is 42.3 Å². The van der Waals surface area contributed by atoms with Gasteiger partial charge in [-0.25, -0.2) is 14.6 Å². The maximum atomic E-state index is 11.9. The highest BCUT2D eigenvalue weighted by Gasteiger charge is 2.29. The first-order valence-electron chi connectivity index (χ1n) is 11.2. The number of morpholine rings is 1. The van der Waals surface area contributed by atoms with Crippen molar-refractivity contribution >= 4 is 17.1 Å². The summed E-state index contributed by atoms with van der Waals surface area (Å²) in [5.41, 5.74) is 6.97. The van der Waals surface area contributed by atoms with E-state index >= 15 is 0 Å². The van der Waals surface area contributed by atoms with Crippen molar-refractivity contribution in [1.82, 2.24) is 19.0 Å². The Bertz CT molecular complexity index is 1480. The van der Waals surface area contributed by atoms with Crippen LogP contribution < -0.4 is 5.76 Å². The van der Waals surface area contributed by atoms with Gasteiger partial charge in [-0.15, -0.1) is 0 Å². The van der Waals surface area contributed by atoms with Gasteiger partial charge in [0, 0.05) is 44.1 Å². The minimum absolute atomic E-state index is 0.0679.